The Morgan fingerprint density at radius 3 is 2.76 bits per heavy atom. The van der Waals surface area contributed by atoms with Crippen molar-refractivity contribution in [3.05, 3.63) is 0 Å². The number of rotatable bonds is 5. The lowest BCUT2D eigenvalue weighted by molar-refractivity contribution is -0.134. The predicted octanol–water partition coefficient (Wildman–Crippen LogP) is 2.08. The van der Waals surface area contributed by atoms with E-state index in [1.807, 2.05) is 0 Å². The van der Waals surface area contributed by atoms with Gasteiger partial charge in [0.2, 0.25) is 5.91 Å². The molecule has 6 unspecified atom stereocenters. The second-order valence-electron chi connectivity index (χ2n) is 10.6. The van der Waals surface area contributed by atoms with Crippen molar-refractivity contribution in [2.75, 3.05) is 26.8 Å². The van der Waals surface area contributed by atoms with Gasteiger partial charge in [-0.3, -0.25) is 9.69 Å². The minimum absolute atomic E-state index is 0.0106. The number of carbonyl (C=O) groups excluding carboxylic acids is 1. The Hall–Kier alpha value is -0.760. The molecule has 4 aliphatic rings. The van der Waals surface area contributed by atoms with Crippen LogP contribution in [0.25, 0.3) is 0 Å². The number of hydrogen-bond donors (Lipinski definition) is 3. The van der Waals surface area contributed by atoms with Crippen molar-refractivity contribution in [1.82, 2.24) is 26.0 Å². The SMILES string of the molecule is C[C@H](CC1NNCN1C)C1CCCC(N2CC3C(CCNC3C(C)(C)F)C2=O)C1. The van der Waals surface area contributed by atoms with E-state index in [-0.39, 0.29) is 17.9 Å². The van der Waals surface area contributed by atoms with E-state index in [4.69, 9.17) is 0 Å². The van der Waals surface area contributed by atoms with E-state index >= 15 is 0 Å². The molecule has 1 aliphatic carbocycles. The summed E-state index contributed by atoms with van der Waals surface area (Å²) in [5.41, 5.74) is 5.30. The lowest BCUT2D eigenvalue weighted by Crippen LogP contribution is -2.55. The van der Waals surface area contributed by atoms with Crippen molar-refractivity contribution in [3.63, 3.8) is 0 Å². The quantitative estimate of drug-likeness (QED) is 0.649. The highest BCUT2D eigenvalue weighted by Crippen LogP contribution is 2.42. The van der Waals surface area contributed by atoms with Gasteiger partial charge in [-0.25, -0.2) is 15.2 Å². The zero-order chi connectivity index (χ0) is 20.8. The molecule has 0 aromatic rings. The summed E-state index contributed by atoms with van der Waals surface area (Å²) < 4.78 is 14.8. The van der Waals surface area contributed by atoms with Crippen LogP contribution in [-0.4, -0.2) is 66.4 Å². The molecule has 4 fully saturated rings. The van der Waals surface area contributed by atoms with Crippen molar-refractivity contribution in [2.45, 2.75) is 83.2 Å². The van der Waals surface area contributed by atoms with Crippen molar-refractivity contribution < 1.29 is 9.18 Å². The zero-order valence-corrected chi connectivity index (χ0v) is 18.6. The maximum atomic E-state index is 14.8. The van der Waals surface area contributed by atoms with Gasteiger partial charge >= 0.3 is 0 Å². The van der Waals surface area contributed by atoms with E-state index in [0.717, 1.165) is 45.4 Å². The maximum absolute atomic E-state index is 14.8. The van der Waals surface area contributed by atoms with Gasteiger partial charge in [-0.1, -0.05) is 19.8 Å². The van der Waals surface area contributed by atoms with Gasteiger partial charge in [-0.05, 0) is 65.0 Å². The highest BCUT2D eigenvalue weighted by molar-refractivity contribution is 5.82. The number of amides is 1. The van der Waals surface area contributed by atoms with Crippen LogP contribution in [0.1, 0.15) is 59.3 Å². The smallest absolute Gasteiger partial charge is 0.226 e. The molecule has 7 heteroatoms. The van der Waals surface area contributed by atoms with Crippen LogP contribution in [0.4, 0.5) is 4.39 Å². The van der Waals surface area contributed by atoms with Crippen LogP contribution in [0.15, 0.2) is 0 Å². The first kappa shape index (κ1) is 21.5. The average molecular weight is 410 g/mol. The largest absolute Gasteiger partial charge is 0.339 e. The third-order valence-electron chi connectivity index (χ3n) is 8.17. The summed E-state index contributed by atoms with van der Waals surface area (Å²) >= 11 is 0. The summed E-state index contributed by atoms with van der Waals surface area (Å²) in [6, 6.07) is 0.120. The lowest BCUT2D eigenvalue weighted by Gasteiger charge is -2.40. The molecule has 0 bridgehead atoms. The number of alkyl halides is 1. The fraction of sp³-hybridized carbons (Fsp3) is 0.955. The van der Waals surface area contributed by atoms with E-state index < -0.39 is 5.67 Å². The lowest BCUT2D eigenvalue weighted by atomic mass is 9.76. The molecule has 3 aliphatic heterocycles. The summed E-state index contributed by atoms with van der Waals surface area (Å²) in [4.78, 5) is 17.7. The van der Waals surface area contributed by atoms with Gasteiger partial charge in [-0.15, -0.1) is 0 Å². The number of piperidine rings is 1. The number of nitrogens with one attached hydrogen (secondary N) is 3. The van der Waals surface area contributed by atoms with Crippen molar-refractivity contribution in [2.24, 2.45) is 23.7 Å². The third kappa shape index (κ3) is 4.34. The number of halogens is 1. The molecule has 0 spiro atoms. The molecule has 29 heavy (non-hydrogen) atoms. The fourth-order valence-electron chi connectivity index (χ4n) is 6.43. The van der Waals surface area contributed by atoms with Gasteiger partial charge < -0.3 is 10.2 Å². The number of carbonyl (C=O) groups is 1. The zero-order valence-electron chi connectivity index (χ0n) is 18.6. The Morgan fingerprint density at radius 2 is 2.07 bits per heavy atom. The topological polar surface area (TPSA) is 59.6 Å². The minimum atomic E-state index is -1.29. The molecular weight excluding hydrogens is 369 g/mol. The number of fused-ring (bicyclic) bond motifs is 1. The normalized spacial score (nSPS) is 40.3. The molecule has 6 nitrogen and oxygen atoms in total. The maximum Gasteiger partial charge on any atom is 0.226 e. The Balaban J connectivity index is 1.40. The van der Waals surface area contributed by atoms with Crippen LogP contribution < -0.4 is 16.2 Å². The summed E-state index contributed by atoms with van der Waals surface area (Å²) in [6.07, 6.45) is 7.04. The number of hydrogen-bond acceptors (Lipinski definition) is 5. The summed E-state index contributed by atoms with van der Waals surface area (Å²) in [5.74, 6) is 1.70. The molecular formula is C22H40FN5O. The van der Waals surface area contributed by atoms with Crippen LogP contribution >= 0.6 is 0 Å². The molecule has 3 saturated heterocycles. The van der Waals surface area contributed by atoms with E-state index in [0.29, 0.717) is 30.0 Å². The Morgan fingerprint density at radius 1 is 1.28 bits per heavy atom. The third-order valence-corrected chi connectivity index (χ3v) is 8.17. The van der Waals surface area contributed by atoms with E-state index in [1.165, 1.54) is 12.8 Å². The molecule has 3 N–H and O–H groups in total. The Kier molecular flexibility index (Phi) is 6.22. The van der Waals surface area contributed by atoms with Crippen molar-refractivity contribution in [3.8, 4) is 0 Å². The summed E-state index contributed by atoms with van der Waals surface area (Å²) in [6.45, 7) is 8.05. The molecule has 0 aromatic heterocycles. The van der Waals surface area contributed by atoms with Crippen LogP contribution in [-0.2, 0) is 4.79 Å². The van der Waals surface area contributed by atoms with Crippen LogP contribution in [0.2, 0.25) is 0 Å². The molecule has 1 saturated carbocycles. The van der Waals surface area contributed by atoms with Gasteiger partial charge in [0.1, 0.15) is 5.67 Å². The van der Waals surface area contributed by atoms with Gasteiger partial charge in [0.25, 0.3) is 0 Å². The number of hydrazine groups is 1. The van der Waals surface area contributed by atoms with Gasteiger partial charge in [0, 0.05) is 30.5 Å². The first-order valence-corrected chi connectivity index (χ1v) is 11.7. The van der Waals surface area contributed by atoms with Crippen molar-refractivity contribution in [1.29, 1.82) is 0 Å². The van der Waals surface area contributed by atoms with Crippen molar-refractivity contribution >= 4 is 5.91 Å². The molecule has 0 radical (unpaired) electrons. The van der Waals surface area contributed by atoms with Crippen LogP contribution in [0.5, 0.6) is 0 Å². The molecule has 7 atom stereocenters. The van der Waals surface area contributed by atoms with Crippen LogP contribution in [0.3, 0.4) is 0 Å². The molecule has 1 amide bonds. The minimum Gasteiger partial charge on any atom is -0.339 e. The molecule has 4 rings (SSSR count). The second-order valence-corrected chi connectivity index (χ2v) is 10.6. The molecule has 0 aromatic carbocycles. The van der Waals surface area contributed by atoms with E-state index in [2.05, 4.69) is 39.9 Å². The van der Waals surface area contributed by atoms with E-state index in [9.17, 15) is 9.18 Å². The first-order chi connectivity index (χ1) is 13.8. The summed E-state index contributed by atoms with van der Waals surface area (Å²) in [7, 11) is 2.15. The van der Waals surface area contributed by atoms with Gasteiger partial charge in [0.05, 0.1) is 12.8 Å². The number of likely N-dealkylation sites (tertiary alicyclic amines) is 1. The average Bonchev–Trinajstić information content (AvgIpc) is 3.24. The first-order valence-electron chi connectivity index (χ1n) is 11.7. The molecule has 166 valence electrons. The van der Waals surface area contributed by atoms with Crippen LogP contribution in [0, 0.1) is 23.7 Å². The fourth-order valence-corrected chi connectivity index (χ4v) is 6.43. The Labute approximate surface area is 175 Å². The monoisotopic (exact) mass is 409 g/mol. The highest BCUT2D eigenvalue weighted by atomic mass is 19.1. The van der Waals surface area contributed by atoms with E-state index in [1.54, 1.807) is 13.8 Å². The predicted molar refractivity (Wildman–Crippen MR) is 113 cm³/mol. The van der Waals surface area contributed by atoms with Gasteiger partial charge in [0.15, 0.2) is 0 Å². The second kappa shape index (κ2) is 8.40. The standard InChI is InChI=1S/C22H40FN5O/c1-14(10-19-26-25-13-27(19)4)15-6-5-7-16(11-15)28-12-18-17(21(28)29)8-9-24-20(18)22(2,3)23/h14-20,24-26H,5-13H2,1-4H3/t14-,15?,16?,17?,18?,19?,20?/m1/s1. The van der Waals surface area contributed by atoms with Gasteiger partial charge in [-0.2, -0.15) is 0 Å². The summed E-state index contributed by atoms with van der Waals surface area (Å²) in [5, 5.41) is 3.37. The molecule has 3 heterocycles. The highest BCUT2D eigenvalue weighted by Gasteiger charge is 2.52. The number of nitrogens with zero attached hydrogens (tertiary/aromatic N) is 2. The Bertz CT molecular complexity index is 596.